The van der Waals surface area contributed by atoms with E-state index in [1.807, 2.05) is 0 Å². The third kappa shape index (κ3) is 12.9. The number of rotatable bonds is 18. The van der Waals surface area contributed by atoms with E-state index in [0.717, 1.165) is 46.0 Å². The lowest BCUT2D eigenvalue weighted by molar-refractivity contribution is 1.11. The third-order valence-electron chi connectivity index (χ3n) is 2.62. The second-order valence-corrected chi connectivity index (χ2v) is 14.3. The molecular weight excluding hydrogens is 489 g/mol. The zero-order chi connectivity index (χ0) is 18.1. The van der Waals surface area contributed by atoms with E-state index in [9.17, 15) is 0 Å². The lowest BCUT2D eigenvalue weighted by atomic mass is 10.6. The molecule has 0 aliphatic rings. The van der Waals surface area contributed by atoms with Crippen LogP contribution in [0.15, 0.2) is 0 Å². The van der Waals surface area contributed by atoms with Crippen molar-refractivity contribution in [2.75, 3.05) is 57.5 Å². The molecule has 0 saturated heterocycles. The van der Waals surface area contributed by atoms with Gasteiger partial charge in [-0.3, -0.25) is 0 Å². The second kappa shape index (κ2) is 19.8. The molecule has 0 heterocycles. The van der Waals surface area contributed by atoms with E-state index in [0.29, 0.717) is 4.58 Å². The largest absolute Gasteiger partial charge is 0.179 e. The first-order chi connectivity index (χ1) is 11.7. The maximum atomic E-state index is 4.45. The van der Waals surface area contributed by atoms with E-state index in [2.05, 4.69) is 122 Å². The van der Waals surface area contributed by atoms with E-state index in [4.69, 9.17) is 0 Å². The van der Waals surface area contributed by atoms with Crippen LogP contribution in [0, 0.1) is 0 Å². The van der Waals surface area contributed by atoms with Gasteiger partial charge in [-0.2, -0.15) is 63.1 Å². The van der Waals surface area contributed by atoms with E-state index in [1.54, 1.807) is 0 Å². The third-order valence-corrected chi connectivity index (χ3v) is 14.2. The molecule has 24 heavy (non-hydrogen) atoms. The highest BCUT2D eigenvalue weighted by molar-refractivity contribution is 8.36. The van der Waals surface area contributed by atoms with Crippen LogP contribution in [0.3, 0.4) is 0 Å². The minimum absolute atomic E-state index is 0.150. The van der Waals surface area contributed by atoms with Crippen molar-refractivity contribution in [1.29, 1.82) is 0 Å². The van der Waals surface area contributed by atoms with Crippen molar-refractivity contribution in [1.82, 2.24) is 0 Å². The average molecular weight is 519 g/mol. The topological polar surface area (TPSA) is 0 Å². The SMILES string of the molecule is SCCCSC(SCCCS)C(SCCS)(SCCS)SCCS. The molecule has 0 aliphatic heterocycles. The molecule has 0 atom stereocenters. The Balaban J connectivity index is 5.16. The van der Waals surface area contributed by atoms with E-state index < -0.39 is 0 Å². The summed E-state index contributed by atoms with van der Waals surface area (Å²) in [4.78, 5) is 0. The molecule has 10 heteroatoms. The molecule has 0 spiro atoms. The molecule has 0 N–H and O–H groups in total. The van der Waals surface area contributed by atoms with Crippen LogP contribution >= 0.6 is 122 Å². The van der Waals surface area contributed by atoms with Crippen LogP contribution in [0.2, 0.25) is 0 Å². The molecule has 0 aromatic heterocycles. The van der Waals surface area contributed by atoms with Gasteiger partial charge in [0, 0.05) is 17.3 Å². The summed E-state index contributed by atoms with van der Waals surface area (Å²) in [5.41, 5.74) is 0. The molecule has 0 fully saturated rings. The number of thioether (sulfide) groups is 5. The highest BCUT2D eigenvalue weighted by Gasteiger charge is 2.40. The van der Waals surface area contributed by atoms with Crippen LogP contribution < -0.4 is 0 Å². The van der Waals surface area contributed by atoms with Gasteiger partial charge in [0.15, 0.2) is 0 Å². The fourth-order valence-electron chi connectivity index (χ4n) is 1.65. The maximum absolute atomic E-state index is 4.45. The Hall–Kier alpha value is 3.50. The van der Waals surface area contributed by atoms with Gasteiger partial charge in [0.2, 0.25) is 0 Å². The van der Waals surface area contributed by atoms with Gasteiger partial charge in [-0.25, -0.2) is 0 Å². The van der Waals surface area contributed by atoms with E-state index >= 15 is 0 Å². The summed E-state index contributed by atoms with van der Waals surface area (Å²) in [6.45, 7) is 0. The Kier molecular flexibility index (Phi) is 22.7. The Morgan fingerprint density at radius 2 is 0.917 bits per heavy atom. The predicted octanol–water partition coefficient (Wildman–Crippen LogP) is 6.06. The number of hydrogen-bond acceptors (Lipinski definition) is 10. The molecule has 0 radical (unpaired) electrons. The zero-order valence-electron chi connectivity index (χ0n) is 13.8. The molecule has 0 rings (SSSR count). The van der Waals surface area contributed by atoms with Crippen LogP contribution in [0.25, 0.3) is 0 Å². The fraction of sp³-hybridized carbons (Fsp3) is 1.00. The molecule has 146 valence electrons. The molecule has 0 bridgehead atoms. The van der Waals surface area contributed by atoms with Gasteiger partial charge >= 0.3 is 0 Å². The summed E-state index contributed by atoms with van der Waals surface area (Å²) in [6, 6.07) is 0. The van der Waals surface area contributed by atoms with E-state index in [-0.39, 0.29) is 3.41 Å². The summed E-state index contributed by atoms with van der Waals surface area (Å²) < 4.78 is 0.702. The van der Waals surface area contributed by atoms with Crippen molar-refractivity contribution < 1.29 is 0 Å². The Labute approximate surface area is 198 Å². The maximum Gasteiger partial charge on any atom is 0.128 e. The summed E-state index contributed by atoms with van der Waals surface area (Å²) in [6.07, 6.45) is 2.33. The van der Waals surface area contributed by atoms with Gasteiger partial charge in [-0.1, -0.05) is 0 Å². The van der Waals surface area contributed by atoms with Gasteiger partial charge in [0.1, 0.15) is 3.41 Å². The first kappa shape index (κ1) is 27.5. The Morgan fingerprint density at radius 1 is 0.542 bits per heavy atom. The molecule has 0 unspecified atom stereocenters. The van der Waals surface area contributed by atoms with Crippen molar-refractivity contribution in [3.8, 4) is 0 Å². The van der Waals surface area contributed by atoms with Crippen molar-refractivity contribution in [2.45, 2.75) is 20.8 Å². The predicted molar refractivity (Wildman–Crippen MR) is 147 cm³/mol. The average Bonchev–Trinajstić information content (AvgIpc) is 2.60. The summed E-state index contributed by atoms with van der Waals surface area (Å²) in [7, 11) is 0. The summed E-state index contributed by atoms with van der Waals surface area (Å²) >= 11 is 32.5. The van der Waals surface area contributed by atoms with Gasteiger partial charge in [-0.15, -0.1) is 58.8 Å². The minimum Gasteiger partial charge on any atom is -0.179 e. The molecular formula is C14H30S10. The lowest BCUT2D eigenvalue weighted by Crippen LogP contribution is -2.31. The normalized spacial score (nSPS) is 12.2. The highest BCUT2D eigenvalue weighted by atomic mass is 32.3. The van der Waals surface area contributed by atoms with Crippen molar-refractivity contribution >= 4 is 122 Å². The Bertz CT molecular complexity index is 234. The van der Waals surface area contributed by atoms with Crippen molar-refractivity contribution in [3.63, 3.8) is 0 Å². The summed E-state index contributed by atoms with van der Waals surface area (Å²) in [5, 5.41) is 0. The van der Waals surface area contributed by atoms with Crippen LogP contribution in [0.4, 0.5) is 0 Å². The quantitative estimate of drug-likeness (QED) is 0.0847. The molecule has 0 nitrogen and oxygen atoms in total. The number of hydrogen-bond donors (Lipinski definition) is 5. The van der Waals surface area contributed by atoms with Crippen LogP contribution in [0.5, 0.6) is 0 Å². The standard InChI is InChI=1S/C14H30S10/c15-3-1-8-20-13(21-9-2-4-16)14(22-10-5-17,23-11-6-18)24-12-7-19/h13,15-19H,1-12H2. The van der Waals surface area contributed by atoms with Gasteiger partial charge in [0.05, 0.1) is 4.58 Å². The smallest absolute Gasteiger partial charge is 0.128 e. The first-order valence-corrected chi connectivity index (χ1v) is 16.1. The molecule has 0 aromatic carbocycles. The van der Waals surface area contributed by atoms with Crippen molar-refractivity contribution in [2.24, 2.45) is 0 Å². The monoisotopic (exact) mass is 518 g/mol. The van der Waals surface area contributed by atoms with Gasteiger partial charge < -0.3 is 0 Å². The fourth-order valence-corrected chi connectivity index (χ4v) is 12.1. The summed E-state index contributed by atoms with van der Waals surface area (Å²) in [5.74, 6) is 10.3. The zero-order valence-corrected chi connectivity index (χ0v) is 22.4. The van der Waals surface area contributed by atoms with Crippen LogP contribution in [-0.4, -0.2) is 65.5 Å². The van der Waals surface area contributed by atoms with E-state index in [1.165, 1.54) is 24.3 Å². The lowest BCUT2D eigenvalue weighted by Gasteiger charge is -2.39. The van der Waals surface area contributed by atoms with Crippen LogP contribution in [-0.2, 0) is 0 Å². The van der Waals surface area contributed by atoms with Crippen LogP contribution in [0.1, 0.15) is 12.8 Å². The highest BCUT2D eigenvalue weighted by Crippen LogP contribution is 2.56. The molecule has 0 aromatic rings. The van der Waals surface area contributed by atoms with Crippen molar-refractivity contribution in [3.05, 3.63) is 0 Å². The molecule has 0 amide bonds. The second-order valence-electron chi connectivity index (χ2n) is 4.55. The van der Waals surface area contributed by atoms with Gasteiger partial charge in [-0.05, 0) is 53.1 Å². The van der Waals surface area contributed by atoms with Gasteiger partial charge in [0.25, 0.3) is 0 Å². The number of thiol groups is 5. The molecule has 0 aliphatic carbocycles. The first-order valence-electron chi connectivity index (χ1n) is 7.90. The Morgan fingerprint density at radius 3 is 1.21 bits per heavy atom. The minimum atomic E-state index is 0.150. The molecule has 0 saturated carbocycles.